The topological polar surface area (TPSA) is 87.3 Å². The minimum absolute atomic E-state index is 0.0390. The summed E-state index contributed by atoms with van der Waals surface area (Å²) in [5.41, 5.74) is -0.407. The van der Waals surface area contributed by atoms with Crippen LogP contribution in [0.3, 0.4) is 0 Å². The first-order valence-corrected chi connectivity index (χ1v) is 12.1. The molecule has 1 aliphatic carbocycles. The Hall–Kier alpha value is -3.01. The number of alkyl halides is 3. The van der Waals surface area contributed by atoms with Gasteiger partial charge in [0.25, 0.3) is 5.91 Å². The Morgan fingerprint density at radius 3 is 2.21 bits per heavy atom. The second-order valence-electron chi connectivity index (χ2n) is 8.07. The Bertz CT molecular complexity index is 1030. The molecule has 0 aliphatic heterocycles. The summed E-state index contributed by atoms with van der Waals surface area (Å²) in [6, 6.07) is 10.8. The van der Waals surface area contributed by atoms with Crippen molar-refractivity contribution in [3.05, 3.63) is 59.7 Å². The molecule has 3 amide bonds. The van der Waals surface area contributed by atoms with Crippen LogP contribution in [0, 0.1) is 0 Å². The molecule has 2 atom stereocenters. The Labute approximate surface area is 200 Å². The van der Waals surface area contributed by atoms with Gasteiger partial charge in [0.2, 0.25) is 11.8 Å². The van der Waals surface area contributed by atoms with E-state index in [1.54, 1.807) is 23.9 Å². The minimum atomic E-state index is -4.53. The standard InChI is InChI=1S/C24H26F3N3O3S/c1-34-18-11-9-15(10-12-18)23(33)30-20-8-3-2-7-19(20)29-22(32)14-21(31)28-17-6-4-5-16(13-17)24(25,26)27/h4-6,9-13,19-20H,2-3,7-8,14H2,1H3,(H,28,31)(H,29,32)(H,30,33)/t19-,20-/m0/s1. The summed E-state index contributed by atoms with van der Waals surface area (Å²) in [6.07, 6.45) is -0.00827. The zero-order chi connectivity index (χ0) is 24.7. The van der Waals surface area contributed by atoms with E-state index < -0.39 is 30.0 Å². The molecule has 0 saturated heterocycles. The summed E-state index contributed by atoms with van der Waals surface area (Å²) in [4.78, 5) is 38.3. The van der Waals surface area contributed by atoms with Crippen LogP contribution in [0.4, 0.5) is 18.9 Å². The number of carbonyl (C=O) groups is 3. The number of carbonyl (C=O) groups excluding carboxylic acids is 3. The summed E-state index contributed by atoms with van der Waals surface area (Å²) in [5, 5.41) is 8.10. The zero-order valence-electron chi connectivity index (χ0n) is 18.6. The number of amides is 3. The summed E-state index contributed by atoms with van der Waals surface area (Å²) in [6.45, 7) is 0. The van der Waals surface area contributed by atoms with Gasteiger partial charge in [-0.3, -0.25) is 14.4 Å². The van der Waals surface area contributed by atoms with Gasteiger partial charge in [0.15, 0.2) is 0 Å². The smallest absolute Gasteiger partial charge is 0.351 e. The molecule has 1 fully saturated rings. The van der Waals surface area contributed by atoms with Gasteiger partial charge in [-0.25, -0.2) is 0 Å². The molecule has 1 aliphatic rings. The molecular formula is C24H26F3N3O3S. The van der Waals surface area contributed by atoms with E-state index in [2.05, 4.69) is 16.0 Å². The lowest BCUT2D eigenvalue weighted by Crippen LogP contribution is -2.53. The maximum Gasteiger partial charge on any atom is 0.416 e. The second-order valence-corrected chi connectivity index (χ2v) is 8.95. The molecule has 0 aromatic heterocycles. The van der Waals surface area contributed by atoms with Gasteiger partial charge < -0.3 is 16.0 Å². The number of rotatable bonds is 7. The van der Waals surface area contributed by atoms with E-state index in [4.69, 9.17) is 0 Å². The lowest BCUT2D eigenvalue weighted by atomic mass is 9.90. The van der Waals surface area contributed by atoms with Crippen molar-refractivity contribution in [1.29, 1.82) is 0 Å². The summed E-state index contributed by atoms with van der Waals surface area (Å²) < 4.78 is 38.5. The van der Waals surface area contributed by atoms with Crippen molar-refractivity contribution in [2.75, 3.05) is 11.6 Å². The van der Waals surface area contributed by atoms with Crippen molar-refractivity contribution < 1.29 is 27.6 Å². The molecule has 3 rings (SSSR count). The number of anilines is 1. The highest BCUT2D eigenvalue weighted by atomic mass is 32.2. The SMILES string of the molecule is CSc1ccc(C(=O)N[C@H]2CCCC[C@@H]2NC(=O)CC(=O)Nc2cccc(C(F)(F)F)c2)cc1. The van der Waals surface area contributed by atoms with E-state index in [1.807, 2.05) is 18.4 Å². The highest BCUT2D eigenvalue weighted by Crippen LogP contribution is 2.30. The molecule has 10 heteroatoms. The van der Waals surface area contributed by atoms with Crippen molar-refractivity contribution in [1.82, 2.24) is 10.6 Å². The predicted molar refractivity (Wildman–Crippen MR) is 125 cm³/mol. The van der Waals surface area contributed by atoms with Gasteiger partial charge in [-0.05, 0) is 61.6 Å². The van der Waals surface area contributed by atoms with Crippen LogP contribution in [0.15, 0.2) is 53.4 Å². The molecule has 3 N–H and O–H groups in total. The molecule has 2 aromatic rings. The fraction of sp³-hybridized carbons (Fsp3) is 0.375. The first-order valence-electron chi connectivity index (χ1n) is 10.9. The summed E-state index contributed by atoms with van der Waals surface area (Å²) >= 11 is 1.58. The quantitative estimate of drug-likeness (QED) is 0.388. The molecule has 0 heterocycles. The highest BCUT2D eigenvalue weighted by molar-refractivity contribution is 7.98. The fourth-order valence-corrected chi connectivity index (χ4v) is 4.26. The molecule has 182 valence electrons. The van der Waals surface area contributed by atoms with Crippen molar-refractivity contribution in [2.45, 2.75) is 55.3 Å². The van der Waals surface area contributed by atoms with Crippen LogP contribution in [0.2, 0.25) is 0 Å². The van der Waals surface area contributed by atoms with Gasteiger partial charge in [0.1, 0.15) is 6.42 Å². The van der Waals surface area contributed by atoms with Gasteiger partial charge in [-0.15, -0.1) is 11.8 Å². The van der Waals surface area contributed by atoms with Crippen LogP contribution in [-0.2, 0) is 15.8 Å². The average Bonchev–Trinajstić information content (AvgIpc) is 2.80. The number of hydrogen-bond acceptors (Lipinski definition) is 4. The molecule has 0 radical (unpaired) electrons. The lowest BCUT2D eigenvalue weighted by Gasteiger charge is -2.32. The van der Waals surface area contributed by atoms with E-state index in [-0.39, 0.29) is 23.7 Å². The van der Waals surface area contributed by atoms with Gasteiger partial charge in [0, 0.05) is 28.2 Å². The third-order valence-electron chi connectivity index (χ3n) is 5.58. The summed E-state index contributed by atoms with van der Waals surface area (Å²) in [7, 11) is 0. The van der Waals surface area contributed by atoms with Crippen molar-refractivity contribution in [3.63, 3.8) is 0 Å². The molecule has 0 spiro atoms. The van der Waals surface area contributed by atoms with Crippen molar-refractivity contribution in [3.8, 4) is 0 Å². The van der Waals surface area contributed by atoms with Crippen molar-refractivity contribution in [2.24, 2.45) is 0 Å². The van der Waals surface area contributed by atoms with Crippen LogP contribution >= 0.6 is 11.8 Å². The zero-order valence-corrected chi connectivity index (χ0v) is 19.4. The van der Waals surface area contributed by atoms with Crippen LogP contribution in [-0.4, -0.2) is 36.1 Å². The normalized spacial score (nSPS) is 18.1. The third kappa shape index (κ3) is 7.24. The highest BCUT2D eigenvalue weighted by Gasteiger charge is 2.31. The van der Waals surface area contributed by atoms with Crippen molar-refractivity contribution >= 4 is 35.2 Å². The number of nitrogens with one attached hydrogen (secondary N) is 3. The first-order chi connectivity index (χ1) is 16.2. The maximum absolute atomic E-state index is 12.8. The number of hydrogen-bond donors (Lipinski definition) is 3. The minimum Gasteiger partial charge on any atom is -0.351 e. The van der Waals surface area contributed by atoms with E-state index in [9.17, 15) is 27.6 Å². The number of thioether (sulfide) groups is 1. The van der Waals surface area contributed by atoms with Crippen LogP contribution in [0.5, 0.6) is 0 Å². The Kier molecular flexibility index (Phi) is 8.60. The first kappa shape index (κ1) is 25.6. The van der Waals surface area contributed by atoms with Gasteiger partial charge in [-0.2, -0.15) is 13.2 Å². The summed E-state index contributed by atoms with van der Waals surface area (Å²) in [5.74, 6) is -1.51. The second kappa shape index (κ2) is 11.4. The largest absolute Gasteiger partial charge is 0.416 e. The maximum atomic E-state index is 12.8. The van der Waals surface area contributed by atoms with Crippen LogP contribution in [0.1, 0.15) is 48.0 Å². The number of benzene rings is 2. The number of halogens is 3. The molecule has 6 nitrogen and oxygen atoms in total. The van der Waals surface area contributed by atoms with E-state index in [0.717, 1.165) is 29.9 Å². The van der Waals surface area contributed by atoms with E-state index >= 15 is 0 Å². The van der Waals surface area contributed by atoms with Gasteiger partial charge in [-0.1, -0.05) is 18.9 Å². The van der Waals surface area contributed by atoms with Gasteiger partial charge >= 0.3 is 6.18 Å². The Morgan fingerprint density at radius 1 is 0.941 bits per heavy atom. The molecule has 34 heavy (non-hydrogen) atoms. The molecule has 2 aromatic carbocycles. The van der Waals surface area contributed by atoms with E-state index in [1.165, 1.54) is 12.1 Å². The lowest BCUT2D eigenvalue weighted by molar-refractivity contribution is -0.137. The Balaban J connectivity index is 1.54. The average molecular weight is 494 g/mol. The molecule has 1 saturated carbocycles. The van der Waals surface area contributed by atoms with Gasteiger partial charge in [0.05, 0.1) is 5.56 Å². The molecular weight excluding hydrogens is 467 g/mol. The third-order valence-corrected chi connectivity index (χ3v) is 6.32. The fourth-order valence-electron chi connectivity index (χ4n) is 3.85. The molecule has 0 bridgehead atoms. The van der Waals surface area contributed by atoms with Crippen LogP contribution < -0.4 is 16.0 Å². The molecule has 0 unspecified atom stereocenters. The monoisotopic (exact) mass is 493 g/mol. The van der Waals surface area contributed by atoms with Crippen LogP contribution in [0.25, 0.3) is 0 Å². The predicted octanol–water partition coefficient (Wildman–Crippen LogP) is 4.61. The van der Waals surface area contributed by atoms with E-state index in [0.29, 0.717) is 18.4 Å². The Morgan fingerprint density at radius 2 is 1.59 bits per heavy atom.